The van der Waals surface area contributed by atoms with E-state index >= 15 is 0 Å². The van der Waals surface area contributed by atoms with E-state index in [-0.39, 0.29) is 16.2 Å². The zero-order valence-electron chi connectivity index (χ0n) is 30.1. The molecule has 2 aliphatic rings. The second-order valence-corrected chi connectivity index (χ2v) is 15.7. The van der Waals surface area contributed by atoms with Crippen LogP contribution in [0.1, 0.15) is 63.8 Å². The second-order valence-electron chi connectivity index (χ2n) is 15.7. The van der Waals surface area contributed by atoms with Crippen LogP contribution in [-0.4, -0.2) is 15.0 Å². The number of hydrogen-bond acceptors (Lipinski definition) is 3. The highest BCUT2D eigenvalue weighted by atomic mass is 15.0. The summed E-state index contributed by atoms with van der Waals surface area (Å²) in [5.74, 6) is 1.99. The third-order valence-corrected chi connectivity index (χ3v) is 12.1. The first-order valence-corrected chi connectivity index (χ1v) is 18.0. The Morgan fingerprint density at radius 1 is 0.353 bits per heavy atom. The fourth-order valence-electron chi connectivity index (χ4n) is 8.57. The van der Waals surface area contributed by atoms with Crippen LogP contribution in [0.15, 0.2) is 140 Å². The molecule has 3 heteroatoms. The molecule has 0 saturated carbocycles. The lowest BCUT2D eigenvalue weighted by Crippen LogP contribution is -2.44. The van der Waals surface area contributed by atoms with Crippen LogP contribution in [0, 0.1) is 0 Å². The molecule has 0 N–H and O–H groups in total. The Hall–Kier alpha value is -5.67. The molecule has 1 aromatic heterocycles. The normalized spacial score (nSPS) is 15.7. The van der Waals surface area contributed by atoms with Crippen LogP contribution in [-0.2, 0) is 16.2 Å². The zero-order chi connectivity index (χ0) is 35.1. The van der Waals surface area contributed by atoms with Gasteiger partial charge in [-0.25, -0.2) is 15.0 Å². The van der Waals surface area contributed by atoms with Gasteiger partial charge in [-0.05, 0) is 73.2 Å². The van der Waals surface area contributed by atoms with Gasteiger partial charge in [0.2, 0.25) is 0 Å². The van der Waals surface area contributed by atoms with Gasteiger partial charge in [0.15, 0.2) is 17.5 Å². The Labute approximate surface area is 301 Å². The number of aromatic nitrogens is 3. The average molecular weight is 660 g/mol. The van der Waals surface area contributed by atoms with Crippen molar-refractivity contribution in [3.63, 3.8) is 0 Å². The molecule has 0 bridgehead atoms. The lowest BCUT2D eigenvalue weighted by atomic mass is 9.54. The molecule has 6 aromatic carbocycles. The van der Waals surface area contributed by atoms with E-state index in [4.69, 9.17) is 15.0 Å². The molecule has 7 aromatic rings. The molecule has 1 heterocycles. The largest absolute Gasteiger partial charge is 0.208 e. The molecule has 248 valence electrons. The first-order chi connectivity index (χ1) is 24.6. The van der Waals surface area contributed by atoms with Gasteiger partial charge in [0.25, 0.3) is 0 Å². The van der Waals surface area contributed by atoms with Gasteiger partial charge >= 0.3 is 0 Å². The number of fused-ring (bicyclic) bond motifs is 7. The van der Waals surface area contributed by atoms with Gasteiger partial charge in [-0.1, -0.05) is 169 Å². The van der Waals surface area contributed by atoms with Gasteiger partial charge in [0, 0.05) is 27.5 Å². The van der Waals surface area contributed by atoms with E-state index in [1.807, 2.05) is 60.7 Å². The molecule has 0 saturated heterocycles. The highest BCUT2D eigenvalue weighted by molar-refractivity contribution is 5.93. The summed E-state index contributed by atoms with van der Waals surface area (Å²) in [5.41, 5.74) is 16.2. The van der Waals surface area contributed by atoms with Gasteiger partial charge < -0.3 is 0 Å². The third-order valence-electron chi connectivity index (χ3n) is 12.1. The summed E-state index contributed by atoms with van der Waals surface area (Å²) in [5, 5.41) is 0. The fourth-order valence-corrected chi connectivity index (χ4v) is 8.57. The van der Waals surface area contributed by atoms with Crippen LogP contribution in [0.3, 0.4) is 0 Å². The average Bonchev–Trinajstić information content (AvgIpc) is 3.39. The summed E-state index contributed by atoms with van der Waals surface area (Å²) < 4.78 is 0. The van der Waals surface area contributed by atoms with Gasteiger partial charge in [0.1, 0.15) is 0 Å². The van der Waals surface area contributed by atoms with Crippen molar-refractivity contribution in [1.29, 1.82) is 0 Å². The topological polar surface area (TPSA) is 38.7 Å². The quantitative estimate of drug-likeness (QED) is 0.189. The smallest absolute Gasteiger partial charge is 0.164 e. The van der Waals surface area contributed by atoms with E-state index in [2.05, 4.69) is 120 Å². The maximum absolute atomic E-state index is 5.00. The molecular weight excluding hydrogens is 619 g/mol. The Bertz CT molecular complexity index is 2430. The van der Waals surface area contributed by atoms with Crippen molar-refractivity contribution in [1.82, 2.24) is 15.0 Å². The number of hydrogen-bond donors (Lipinski definition) is 0. The molecule has 9 rings (SSSR count). The summed E-state index contributed by atoms with van der Waals surface area (Å²) in [6.07, 6.45) is 0. The van der Waals surface area contributed by atoms with Crippen molar-refractivity contribution in [3.05, 3.63) is 162 Å². The maximum Gasteiger partial charge on any atom is 0.164 e. The minimum absolute atomic E-state index is 0.0330. The highest BCUT2D eigenvalue weighted by Crippen LogP contribution is 2.61. The minimum Gasteiger partial charge on any atom is -0.208 e. The van der Waals surface area contributed by atoms with Crippen molar-refractivity contribution in [2.45, 2.75) is 57.8 Å². The highest BCUT2D eigenvalue weighted by Gasteiger charge is 2.49. The molecule has 0 fully saturated rings. The standard InChI is InChI=1S/C48H41N3/c1-46(2)39-27-26-36-35-22-13-14-23-38(35)47(3,4)48(5,6)42(36)41(39)37-25-24-33(29-40(37)46)32-20-15-21-34(28-32)45-50-43(30-16-9-7-10-17-30)49-44(51-45)31-18-11-8-12-19-31/h7-29H,1-6H3. The molecule has 2 aliphatic carbocycles. The molecular formula is C48H41N3. The number of benzene rings is 6. The van der Waals surface area contributed by atoms with Crippen molar-refractivity contribution in [2.24, 2.45) is 0 Å². The van der Waals surface area contributed by atoms with Crippen LogP contribution in [0.2, 0.25) is 0 Å². The predicted molar refractivity (Wildman–Crippen MR) is 211 cm³/mol. The van der Waals surface area contributed by atoms with Crippen LogP contribution in [0.25, 0.3) is 67.5 Å². The summed E-state index contributed by atoms with van der Waals surface area (Å²) in [4.78, 5) is 14.9. The molecule has 0 amide bonds. The number of rotatable bonds is 4. The molecule has 0 atom stereocenters. The van der Waals surface area contributed by atoms with E-state index in [1.165, 1.54) is 50.1 Å². The van der Waals surface area contributed by atoms with Crippen molar-refractivity contribution in [2.75, 3.05) is 0 Å². The Morgan fingerprint density at radius 2 is 0.882 bits per heavy atom. The minimum atomic E-state index is -0.145. The Kier molecular flexibility index (Phi) is 6.86. The van der Waals surface area contributed by atoms with Crippen molar-refractivity contribution in [3.8, 4) is 67.5 Å². The van der Waals surface area contributed by atoms with Crippen LogP contribution in [0.4, 0.5) is 0 Å². The fraction of sp³-hybridized carbons (Fsp3) is 0.188. The van der Waals surface area contributed by atoms with Crippen LogP contribution >= 0.6 is 0 Å². The van der Waals surface area contributed by atoms with Gasteiger partial charge in [-0.3, -0.25) is 0 Å². The zero-order valence-corrected chi connectivity index (χ0v) is 30.1. The van der Waals surface area contributed by atoms with Gasteiger partial charge in [0.05, 0.1) is 0 Å². The molecule has 3 nitrogen and oxygen atoms in total. The SMILES string of the molecule is CC1(C)c2cc(-c3cccc(-c4nc(-c5ccccc5)nc(-c5ccccc5)n4)c3)ccc2-c2c1ccc1c2C(C)(C)C(C)(C)c2ccccc2-1. The number of nitrogens with zero attached hydrogens (tertiary/aromatic N) is 3. The summed E-state index contributed by atoms with van der Waals surface area (Å²) in [7, 11) is 0. The van der Waals surface area contributed by atoms with E-state index in [9.17, 15) is 0 Å². The van der Waals surface area contributed by atoms with Crippen molar-refractivity contribution < 1.29 is 0 Å². The van der Waals surface area contributed by atoms with E-state index in [0.29, 0.717) is 17.5 Å². The van der Waals surface area contributed by atoms with Crippen LogP contribution in [0.5, 0.6) is 0 Å². The van der Waals surface area contributed by atoms with E-state index in [1.54, 1.807) is 0 Å². The monoisotopic (exact) mass is 659 g/mol. The summed E-state index contributed by atoms with van der Waals surface area (Å²) >= 11 is 0. The van der Waals surface area contributed by atoms with E-state index in [0.717, 1.165) is 22.3 Å². The lowest BCUT2D eigenvalue weighted by Gasteiger charge is -2.49. The maximum atomic E-state index is 5.00. The molecule has 0 unspecified atom stereocenters. The van der Waals surface area contributed by atoms with Crippen LogP contribution < -0.4 is 0 Å². The lowest BCUT2D eigenvalue weighted by molar-refractivity contribution is 0.299. The predicted octanol–water partition coefficient (Wildman–Crippen LogP) is 12.1. The summed E-state index contributed by atoms with van der Waals surface area (Å²) in [6.45, 7) is 14.5. The Morgan fingerprint density at radius 3 is 1.55 bits per heavy atom. The van der Waals surface area contributed by atoms with E-state index < -0.39 is 0 Å². The van der Waals surface area contributed by atoms with Gasteiger partial charge in [-0.2, -0.15) is 0 Å². The molecule has 0 aliphatic heterocycles. The first-order valence-electron chi connectivity index (χ1n) is 18.0. The van der Waals surface area contributed by atoms with Crippen molar-refractivity contribution >= 4 is 0 Å². The second kappa shape index (κ2) is 11.2. The molecule has 0 spiro atoms. The third kappa shape index (κ3) is 4.68. The molecule has 0 radical (unpaired) electrons. The Balaban J connectivity index is 1.17. The van der Waals surface area contributed by atoms with Gasteiger partial charge in [-0.15, -0.1) is 0 Å². The summed E-state index contributed by atoms with van der Waals surface area (Å²) in [6, 6.07) is 49.8. The molecule has 51 heavy (non-hydrogen) atoms. The first kappa shape index (κ1) is 31.3.